The highest BCUT2D eigenvalue weighted by Crippen LogP contribution is 2.36. The summed E-state index contributed by atoms with van der Waals surface area (Å²) in [6.45, 7) is 0.191. The van der Waals surface area contributed by atoms with Crippen molar-refractivity contribution >= 4 is 0 Å². The highest BCUT2D eigenvalue weighted by molar-refractivity contribution is 4.92. The second kappa shape index (κ2) is 6.99. The maximum absolute atomic E-state index is 11.9. The molecule has 0 bridgehead atoms. The molecule has 0 amide bonds. The van der Waals surface area contributed by atoms with Gasteiger partial charge in [-0.1, -0.05) is 0 Å². The van der Waals surface area contributed by atoms with Gasteiger partial charge >= 0.3 is 5.69 Å². The third-order valence-electron chi connectivity index (χ3n) is 3.69. The number of H-pyrrole nitrogens is 1. The molecule has 8 nitrogen and oxygen atoms in total. The first-order valence-corrected chi connectivity index (χ1v) is 6.83. The van der Waals surface area contributed by atoms with E-state index in [0.717, 1.165) is 0 Å². The van der Waals surface area contributed by atoms with Crippen LogP contribution in [0.3, 0.4) is 0 Å². The number of nitrogens with one attached hydrogen (secondary N) is 1. The second-order valence-corrected chi connectivity index (χ2v) is 5.05. The second-order valence-electron chi connectivity index (χ2n) is 5.05. The quantitative estimate of drug-likeness (QED) is 0.570. The molecule has 0 saturated carbocycles. The molecule has 2 rings (SSSR count). The molecule has 1 aromatic rings. The van der Waals surface area contributed by atoms with Crippen molar-refractivity contribution in [1.29, 1.82) is 0 Å². The van der Waals surface area contributed by atoms with Gasteiger partial charge in [0.15, 0.2) is 0 Å². The first-order valence-electron chi connectivity index (χ1n) is 6.83. The summed E-state index contributed by atoms with van der Waals surface area (Å²) in [6, 6.07) is 1.22. The average Bonchev–Trinajstić information content (AvgIpc) is 2.76. The fourth-order valence-corrected chi connectivity index (χ4v) is 2.63. The number of methoxy groups -OCH3 is 1. The summed E-state index contributed by atoms with van der Waals surface area (Å²) >= 11 is 0. The van der Waals surface area contributed by atoms with Crippen molar-refractivity contribution in [3.05, 3.63) is 33.1 Å². The van der Waals surface area contributed by atoms with Gasteiger partial charge < -0.3 is 19.7 Å². The maximum Gasteiger partial charge on any atom is 0.330 e. The predicted octanol–water partition coefficient (Wildman–Crippen LogP) is -1.17. The highest BCUT2D eigenvalue weighted by atomic mass is 16.5. The fraction of sp³-hybridized carbons (Fsp3) is 0.692. The summed E-state index contributed by atoms with van der Waals surface area (Å²) in [6.07, 6.45) is 0.243. The number of aliphatic hydroxyl groups is 2. The first-order chi connectivity index (χ1) is 10.1. The summed E-state index contributed by atoms with van der Waals surface area (Å²) < 4.78 is 11.8. The maximum atomic E-state index is 11.9. The molecule has 8 heteroatoms. The molecule has 118 valence electrons. The van der Waals surface area contributed by atoms with Gasteiger partial charge in [0.05, 0.1) is 12.7 Å². The van der Waals surface area contributed by atoms with Gasteiger partial charge in [-0.05, 0) is 12.8 Å². The van der Waals surface area contributed by atoms with Crippen molar-refractivity contribution < 1.29 is 19.7 Å². The van der Waals surface area contributed by atoms with Gasteiger partial charge in [0.2, 0.25) is 0 Å². The van der Waals surface area contributed by atoms with Crippen molar-refractivity contribution in [2.24, 2.45) is 5.92 Å². The SMILES string of the molecule is COCCC[C@H]1C(O)[C@@H](CO)O[C@H]1n1ccc(=O)[nH]c1=O. The average molecular weight is 300 g/mol. The van der Waals surface area contributed by atoms with Crippen molar-refractivity contribution in [2.45, 2.75) is 31.3 Å². The van der Waals surface area contributed by atoms with E-state index in [1.54, 1.807) is 7.11 Å². The standard InChI is InChI=1S/C13H20N2O6/c1-20-6-2-3-8-11(18)9(7-16)21-12(8)15-5-4-10(17)14-13(15)19/h4-5,8-9,11-12,16,18H,2-3,6-7H2,1H3,(H,14,17,19)/t8-,9+,11?,12+/m0/s1. The Balaban J connectivity index is 2.25. The number of hydrogen-bond donors (Lipinski definition) is 3. The Morgan fingerprint density at radius 3 is 2.86 bits per heavy atom. The van der Waals surface area contributed by atoms with Gasteiger partial charge in [0, 0.05) is 31.9 Å². The van der Waals surface area contributed by atoms with Crippen LogP contribution in [0.4, 0.5) is 0 Å². The summed E-state index contributed by atoms with van der Waals surface area (Å²) in [7, 11) is 1.59. The molecule has 0 aromatic carbocycles. The van der Waals surface area contributed by atoms with Gasteiger partial charge in [-0.15, -0.1) is 0 Å². The van der Waals surface area contributed by atoms with Crippen LogP contribution in [0.1, 0.15) is 19.1 Å². The molecule has 1 saturated heterocycles. The van der Waals surface area contributed by atoms with Crippen LogP contribution in [0.2, 0.25) is 0 Å². The number of nitrogens with zero attached hydrogens (tertiary/aromatic N) is 1. The van der Waals surface area contributed by atoms with Crippen LogP contribution in [-0.4, -0.2) is 52.3 Å². The largest absolute Gasteiger partial charge is 0.394 e. The van der Waals surface area contributed by atoms with E-state index in [1.807, 2.05) is 0 Å². The summed E-state index contributed by atoms with van der Waals surface area (Å²) in [5, 5.41) is 19.5. The van der Waals surface area contributed by atoms with Gasteiger partial charge in [-0.3, -0.25) is 14.3 Å². The topological polar surface area (TPSA) is 114 Å². The Morgan fingerprint density at radius 2 is 2.24 bits per heavy atom. The van der Waals surface area contributed by atoms with Crippen LogP contribution in [0, 0.1) is 5.92 Å². The van der Waals surface area contributed by atoms with Crippen LogP contribution in [-0.2, 0) is 9.47 Å². The van der Waals surface area contributed by atoms with E-state index in [9.17, 15) is 19.8 Å². The van der Waals surface area contributed by atoms with Crippen molar-refractivity contribution in [3.8, 4) is 0 Å². The predicted molar refractivity (Wildman–Crippen MR) is 72.9 cm³/mol. The smallest absolute Gasteiger partial charge is 0.330 e. The Hall–Kier alpha value is -1.48. The zero-order valence-corrected chi connectivity index (χ0v) is 11.8. The van der Waals surface area contributed by atoms with E-state index in [2.05, 4.69) is 4.98 Å². The van der Waals surface area contributed by atoms with Crippen LogP contribution in [0.5, 0.6) is 0 Å². The van der Waals surface area contributed by atoms with Gasteiger partial charge in [-0.25, -0.2) is 4.79 Å². The van der Waals surface area contributed by atoms with Crippen LogP contribution >= 0.6 is 0 Å². The van der Waals surface area contributed by atoms with Crippen molar-refractivity contribution in [3.63, 3.8) is 0 Å². The molecule has 1 unspecified atom stereocenters. The molecule has 4 atom stereocenters. The molecule has 0 spiro atoms. The number of hydrogen-bond acceptors (Lipinski definition) is 6. The van der Waals surface area contributed by atoms with Crippen LogP contribution in [0.25, 0.3) is 0 Å². The number of ether oxygens (including phenoxy) is 2. The van der Waals surface area contributed by atoms with E-state index in [4.69, 9.17) is 9.47 Å². The lowest BCUT2D eigenvalue weighted by atomic mass is 9.94. The van der Waals surface area contributed by atoms with E-state index >= 15 is 0 Å². The molecular weight excluding hydrogens is 280 g/mol. The van der Waals surface area contributed by atoms with Crippen LogP contribution in [0.15, 0.2) is 21.9 Å². The molecule has 0 radical (unpaired) electrons. The van der Waals surface area contributed by atoms with Crippen molar-refractivity contribution in [2.75, 3.05) is 20.3 Å². The minimum absolute atomic E-state index is 0.337. The number of aliphatic hydroxyl groups excluding tert-OH is 2. The minimum Gasteiger partial charge on any atom is -0.394 e. The monoisotopic (exact) mass is 300 g/mol. The third-order valence-corrected chi connectivity index (χ3v) is 3.69. The molecule has 1 aliphatic heterocycles. The summed E-state index contributed by atoms with van der Waals surface area (Å²) in [4.78, 5) is 25.1. The number of rotatable bonds is 6. The summed E-state index contributed by atoms with van der Waals surface area (Å²) in [5.74, 6) is -0.360. The third kappa shape index (κ3) is 3.41. The molecule has 1 aliphatic rings. The Morgan fingerprint density at radius 1 is 1.48 bits per heavy atom. The molecule has 1 aromatic heterocycles. The van der Waals surface area contributed by atoms with E-state index < -0.39 is 29.7 Å². The summed E-state index contributed by atoms with van der Waals surface area (Å²) in [5.41, 5.74) is -1.10. The fourth-order valence-electron chi connectivity index (χ4n) is 2.63. The van der Waals surface area contributed by atoms with E-state index in [1.165, 1.54) is 16.8 Å². The highest BCUT2D eigenvalue weighted by Gasteiger charge is 2.44. The number of aromatic nitrogens is 2. The zero-order valence-electron chi connectivity index (χ0n) is 11.8. The lowest BCUT2D eigenvalue weighted by Gasteiger charge is -2.21. The van der Waals surface area contributed by atoms with E-state index in [0.29, 0.717) is 19.4 Å². The zero-order chi connectivity index (χ0) is 15.4. The molecule has 0 aliphatic carbocycles. The Kier molecular flexibility index (Phi) is 5.29. The lowest BCUT2D eigenvalue weighted by Crippen LogP contribution is -2.35. The minimum atomic E-state index is -0.879. The van der Waals surface area contributed by atoms with Gasteiger partial charge in [0.1, 0.15) is 12.3 Å². The molecule has 3 N–H and O–H groups in total. The molecule has 21 heavy (non-hydrogen) atoms. The molecule has 1 fully saturated rings. The number of aromatic amines is 1. The van der Waals surface area contributed by atoms with Gasteiger partial charge in [0.25, 0.3) is 5.56 Å². The molecule has 2 heterocycles. The normalized spacial score (nSPS) is 28.9. The molecular formula is C13H20N2O6. The van der Waals surface area contributed by atoms with E-state index in [-0.39, 0.29) is 12.5 Å². The first kappa shape index (κ1) is 15.9. The lowest BCUT2D eigenvalue weighted by molar-refractivity contribution is -0.0484. The van der Waals surface area contributed by atoms with Crippen LogP contribution < -0.4 is 11.2 Å². The Bertz CT molecular complexity index is 568. The Labute approximate surface area is 120 Å². The van der Waals surface area contributed by atoms with Crippen molar-refractivity contribution in [1.82, 2.24) is 9.55 Å². The van der Waals surface area contributed by atoms with Gasteiger partial charge in [-0.2, -0.15) is 0 Å².